The second-order valence-electron chi connectivity index (χ2n) is 5.27. The average Bonchev–Trinajstić information content (AvgIpc) is 2.50. The van der Waals surface area contributed by atoms with E-state index in [1.165, 1.54) is 6.92 Å². The van der Waals surface area contributed by atoms with Crippen LogP contribution in [0.1, 0.15) is 26.3 Å². The minimum absolute atomic E-state index is 0.0227. The molecule has 0 N–H and O–H groups in total. The normalized spacial score (nSPS) is 16.7. The molecule has 0 aromatic heterocycles. The molecule has 96 valence electrons. The Balaban J connectivity index is 2.55. The minimum atomic E-state index is -0.530. The van der Waals surface area contributed by atoms with E-state index in [1.807, 2.05) is 32.0 Å². The maximum absolute atomic E-state index is 12.1. The van der Waals surface area contributed by atoms with Gasteiger partial charge in [0.05, 0.1) is 5.41 Å². The summed E-state index contributed by atoms with van der Waals surface area (Å²) in [7, 11) is 3.52. The van der Waals surface area contributed by atoms with Crippen molar-refractivity contribution in [3.05, 3.63) is 23.8 Å². The first-order chi connectivity index (χ1) is 8.26. The van der Waals surface area contributed by atoms with Gasteiger partial charge in [0.2, 0.25) is 11.8 Å². The van der Waals surface area contributed by atoms with Gasteiger partial charge in [0.1, 0.15) is 0 Å². The fraction of sp³-hybridized carbons (Fsp3) is 0.429. The summed E-state index contributed by atoms with van der Waals surface area (Å²) in [5, 5.41) is 0. The summed E-state index contributed by atoms with van der Waals surface area (Å²) in [6.07, 6.45) is 0. The fourth-order valence-electron chi connectivity index (χ4n) is 2.35. The highest BCUT2D eigenvalue weighted by molar-refractivity contribution is 6.07. The summed E-state index contributed by atoms with van der Waals surface area (Å²) in [5.74, 6) is 0.0607. The third kappa shape index (κ3) is 1.60. The van der Waals surface area contributed by atoms with Crippen molar-refractivity contribution in [2.45, 2.75) is 26.2 Å². The van der Waals surface area contributed by atoms with Crippen LogP contribution in [0, 0.1) is 0 Å². The number of fused-ring (bicyclic) bond motifs is 1. The van der Waals surface area contributed by atoms with Crippen molar-refractivity contribution in [1.82, 2.24) is 0 Å². The molecule has 1 aromatic carbocycles. The molecule has 0 radical (unpaired) electrons. The Labute approximate surface area is 107 Å². The van der Waals surface area contributed by atoms with Gasteiger partial charge < -0.3 is 9.80 Å². The van der Waals surface area contributed by atoms with Crippen LogP contribution in [0.25, 0.3) is 0 Å². The van der Waals surface area contributed by atoms with Gasteiger partial charge in [0.15, 0.2) is 0 Å². The zero-order valence-corrected chi connectivity index (χ0v) is 11.4. The van der Waals surface area contributed by atoms with Crippen molar-refractivity contribution in [3.63, 3.8) is 0 Å². The van der Waals surface area contributed by atoms with Crippen LogP contribution >= 0.6 is 0 Å². The fourth-order valence-corrected chi connectivity index (χ4v) is 2.35. The number of anilines is 2. The summed E-state index contributed by atoms with van der Waals surface area (Å²) >= 11 is 0. The van der Waals surface area contributed by atoms with Crippen molar-refractivity contribution in [1.29, 1.82) is 0 Å². The standard InChI is InChI=1S/C14H18N2O2/c1-9(17)15(4)10-6-7-12-11(8-10)14(2,3)13(18)16(12)5/h6-8H,1-5H3. The number of carbonyl (C=O) groups excluding carboxylic acids is 2. The summed E-state index contributed by atoms with van der Waals surface area (Å²) < 4.78 is 0. The quantitative estimate of drug-likeness (QED) is 0.759. The molecule has 2 amide bonds. The monoisotopic (exact) mass is 246 g/mol. The molecule has 0 atom stereocenters. The maximum Gasteiger partial charge on any atom is 0.236 e. The van der Waals surface area contributed by atoms with E-state index in [0.717, 1.165) is 16.9 Å². The van der Waals surface area contributed by atoms with Gasteiger partial charge in [-0.15, -0.1) is 0 Å². The number of carbonyl (C=O) groups is 2. The van der Waals surface area contributed by atoms with E-state index in [4.69, 9.17) is 0 Å². The second-order valence-corrected chi connectivity index (χ2v) is 5.27. The Morgan fingerprint density at radius 1 is 1.33 bits per heavy atom. The number of hydrogen-bond acceptors (Lipinski definition) is 2. The molecule has 2 rings (SSSR count). The summed E-state index contributed by atoms with van der Waals surface area (Å²) in [5.41, 5.74) is 2.18. The van der Waals surface area contributed by atoms with Crippen LogP contribution in [0.2, 0.25) is 0 Å². The molecule has 4 heteroatoms. The number of nitrogens with zero attached hydrogens (tertiary/aromatic N) is 2. The molecule has 0 bridgehead atoms. The third-order valence-corrected chi connectivity index (χ3v) is 3.71. The maximum atomic E-state index is 12.1. The Morgan fingerprint density at radius 3 is 2.50 bits per heavy atom. The third-order valence-electron chi connectivity index (χ3n) is 3.71. The smallest absolute Gasteiger partial charge is 0.236 e. The van der Waals surface area contributed by atoms with Crippen LogP contribution in [0.5, 0.6) is 0 Å². The van der Waals surface area contributed by atoms with Crippen molar-refractivity contribution in [3.8, 4) is 0 Å². The molecule has 0 fully saturated rings. The van der Waals surface area contributed by atoms with Crippen molar-refractivity contribution in [2.75, 3.05) is 23.9 Å². The van der Waals surface area contributed by atoms with Gasteiger partial charge >= 0.3 is 0 Å². The van der Waals surface area contributed by atoms with Crippen molar-refractivity contribution in [2.24, 2.45) is 0 Å². The highest BCUT2D eigenvalue weighted by atomic mass is 16.2. The van der Waals surface area contributed by atoms with E-state index in [0.29, 0.717) is 0 Å². The lowest BCUT2D eigenvalue weighted by Crippen LogP contribution is -2.33. The SMILES string of the molecule is CC(=O)N(C)c1ccc2c(c1)C(C)(C)C(=O)N2C. The number of benzene rings is 1. The van der Waals surface area contributed by atoms with Gasteiger partial charge in [-0.2, -0.15) is 0 Å². The zero-order chi connectivity index (χ0) is 13.7. The molecule has 1 aliphatic rings. The van der Waals surface area contributed by atoms with Gasteiger partial charge in [0, 0.05) is 32.4 Å². The molecule has 18 heavy (non-hydrogen) atoms. The first-order valence-corrected chi connectivity index (χ1v) is 5.94. The van der Waals surface area contributed by atoms with Crippen LogP contribution in [0.15, 0.2) is 18.2 Å². The summed E-state index contributed by atoms with van der Waals surface area (Å²) in [6, 6.07) is 5.69. The Hall–Kier alpha value is -1.84. The van der Waals surface area contributed by atoms with E-state index in [9.17, 15) is 9.59 Å². The van der Waals surface area contributed by atoms with Crippen LogP contribution in [-0.2, 0) is 15.0 Å². The molecule has 1 aromatic rings. The second kappa shape index (κ2) is 3.83. The molecule has 0 aliphatic carbocycles. The molecule has 0 saturated carbocycles. The highest BCUT2D eigenvalue weighted by Gasteiger charge is 2.42. The minimum Gasteiger partial charge on any atom is -0.316 e. The van der Waals surface area contributed by atoms with Crippen LogP contribution in [0.3, 0.4) is 0 Å². The van der Waals surface area contributed by atoms with Gasteiger partial charge in [-0.25, -0.2) is 0 Å². The van der Waals surface area contributed by atoms with Crippen molar-refractivity contribution >= 4 is 23.2 Å². The first kappa shape index (κ1) is 12.6. The highest BCUT2D eigenvalue weighted by Crippen LogP contribution is 2.42. The van der Waals surface area contributed by atoms with E-state index >= 15 is 0 Å². The van der Waals surface area contributed by atoms with Gasteiger partial charge in [0.25, 0.3) is 0 Å². The molecule has 0 unspecified atom stereocenters. The van der Waals surface area contributed by atoms with Gasteiger partial charge in [-0.05, 0) is 37.6 Å². The van der Waals surface area contributed by atoms with E-state index in [-0.39, 0.29) is 11.8 Å². The summed E-state index contributed by atoms with van der Waals surface area (Å²) in [6.45, 7) is 5.35. The van der Waals surface area contributed by atoms with Gasteiger partial charge in [-0.1, -0.05) is 0 Å². The Morgan fingerprint density at radius 2 is 1.94 bits per heavy atom. The lowest BCUT2D eigenvalue weighted by atomic mass is 9.86. The molecular formula is C14H18N2O2. The molecule has 0 saturated heterocycles. The molecular weight excluding hydrogens is 228 g/mol. The number of hydrogen-bond donors (Lipinski definition) is 0. The lowest BCUT2D eigenvalue weighted by Gasteiger charge is -2.19. The molecule has 1 heterocycles. The predicted molar refractivity (Wildman–Crippen MR) is 72.0 cm³/mol. The molecule has 0 spiro atoms. The van der Waals surface area contributed by atoms with Crippen molar-refractivity contribution < 1.29 is 9.59 Å². The molecule has 1 aliphatic heterocycles. The van der Waals surface area contributed by atoms with E-state index in [2.05, 4.69) is 0 Å². The first-order valence-electron chi connectivity index (χ1n) is 5.94. The van der Waals surface area contributed by atoms with Crippen LogP contribution in [0.4, 0.5) is 11.4 Å². The zero-order valence-electron chi connectivity index (χ0n) is 11.4. The average molecular weight is 246 g/mol. The van der Waals surface area contributed by atoms with E-state index < -0.39 is 5.41 Å². The Kier molecular flexibility index (Phi) is 2.69. The number of rotatable bonds is 1. The van der Waals surface area contributed by atoms with E-state index in [1.54, 1.807) is 23.9 Å². The Bertz CT molecular complexity index is 535. The largest absolute Gasteiger partial charge is 0.316 e. The van der Waals surface area contributed by atoms with Crippen LogP contribution < -0.4 is 9.80 Å². The van der Waals surface area contributed by atoms with Crippen LogP contribution in [-0.4, -0.2) is 25.9 Å². The molecule has 4 nitrogen and oxygen atoms in total. The number of amides is 2. The topological polar surface area (TPSA) is 40.6 Å². The lowest BCUT2D eigenvalue weighted by molar-refractivity contribution is -0.121. The number of likely N-dealkylation sites (N-methyl/N-ethyl adjacent to an activating group) is 1. The van der Waals surface area contributed by atoms with Gasteiger partial charge in [-0.3, -0.25) is 9.59 Å². The predicted octanol–water partition coefficient (Wildman–Crippen LogP) is 1.92. The summed E-state index contributed by atoms with van der Waals surface area (Å²) in [4.78, 5) is 26.8.